The Hall–Kier alpha value is -4.98. The van der Waals surface area contributed by atoms with Crippen molar-refractivity contribution in [1.82, 2.24) is 14.4 Å². The fourth-order valence-corrected chi connectivity index (χ4v) is 9.79. The van der Waals surface area contributed by atoms with Crippen LogP contribution in [0.2, 0.25) is 0 Å². The third kappa shape index (κ3) is 7.23. The molecule has 11 nitrogen and oxygen atoms in total. The van der Waals surface area contributed by atoms with Gasteiger partial charge in [0.2, 0.25) is 6.79 Å². The van der Waals surface area contributed by atoms with E-state index in [4.69, 9.17) is 9.47 Å². The van der Waals surface area contributed by atoms with Crippen LogP contribution in [0.3, 0.4) is 0 Å². The second-order valence-electron chi connectivity index (χ2n) is 14.8. The first-order valence-corrected chi connectivity index (χ1v) is 20.8. The van der Waals surface area contributed by atoms with Crippen LogP contribution in [0.4, 0.5) is 11.4 Å². The number of carbonyl (C=O) groups is 2. The molecule has 292 valence electrons. The quantitative estimate of drug-likeness (QED) is 0.152. The van der Waals surface area contributed by atoms with Gasteiger partial charge in [0.1, 0.15) is 5.75 Å². The number of nitrogens with zero attached hydrogens (tertiary/aromatic N) is 4. The summed E-state index contributed by atoms with van der Waals surface area (Å²) >= 11 is 0. The van der Waals surface area contributed by atoms with Crippen LogP contribution in [0.15, 0.2) is 97.1 Å². The molecular formula is C43H45ClN4O7S. The lowest BCUT2D eigenvalue weighted by Crippen LogP contribution is -2.52. The van der Waals surface area contributed by atoms with Crippen LogP contribution in [0.25, 0.3) is 11.3 Å². The van der Waals surface area contributed by atoms with Crippen LogP contribution >= 0.6 is 23.0 Å². The number of hydrogen-bond acceptors (Lipinski definition) is 8. The van der Waals surface area contributed by atoms with Gasteiger partial charge < -0.3 is 24.0 Å². The SMILES string of the molecule is Cl.O=C(c1cc(-c2cc3c(cc2C(=O)N2Cc4ccccc4C[C@H]2CN2CCS(O)(O)CC2)OCO3)n2c1CCCC2)N(c1ccccc1)c1ccc(O)cc1. The average Bonchev–Trinajstić information content (AvgIpc) is 3.83. The summed E-state index contributed by atoms with van der Waals surface area (Å²) in [4.78, 5) is 36.0. The van der Waals surface area contributed by atoms with E-state index in [2.05, 4.69) is 21.6 Å². The molecule has 1 atom stereocenters. The molecule has 9 rings (SSSR count). The number of hydrogen-bond donors (Lipinski definition) is 3. The van der Waals surface area contributed by atoms with Gasteiger partial charge in [0, 0.05) is 67.1 Å². The third-order valence-corrected chi connectivity index (χ3v) is 13.1. The van der Waals surface area contributed by atoms with E-state index in [0.29, 0.717) is 96.6 Å². The van der Waals surface area contributed by atoms with Crippen molar-refractivity contribution in [2.75, 3.05) is 42.8 Å². The molecule has 2 amide bonds. The fraction of sp³-hybridized carbons (Fsp3) is 0.302. The van der Waals surface area contributed by atoms with Crippen molar-refractivity contribution in [3.8, 4) is 28.5 Å². The van der Waals surface area contributed by atoms with Gasteiger partial charge in [0.15, 0.2) is 11.5 Å². The molecule has 56 heavy (non-hydrogen) atoms. The Kier molecular flexibility index (Phi) is 10.5. The highest BCUT2D eigenvalue weighted by Crippen LogP contribution is 2.44. The molecule has 13 heteroatoms. The van der Waals surface area contributed by atoms with Gasteiger partial charge in [0.05, 0.1) is 22.6 Å². The van der Waals surface area contributed by atoms with Crippen molar-refractivity contribution in [1.29, 1.82) is 0 Å². The Balaban J connectivity index is 0.00000441. The van der Waals surface area contributed by atoms with Crippen LogP contribution in [0.1, 0.15) is 50.4 Å². The lowest BCUT2D eigenvalue weighted by molar-refractivity contribution is 0.0584. The number of halogens is 1. The van der Waals surface area contributed by atoms with E-state index in [1.54, 1.807) is 35.2 Å². The molecule has 3 N–H and O–H groups in total. The zero-order valence-corrected chi connectivity index (χ0v) is 32.5. The highest BCUT2D eigenvalue weighted by molar-refractivity contribution is 8.24. The first-order valence-electron chi connectivity index (χ1n) is 18.9. The number of amides is 2. The summed E-state index contributed by atoms with van der Waals surface area (Å²) in [5.74, 6) is 1.51. The second kappa shape index (κ2) is 15.5. The monoisotopic (exact) mass is 796 g/mol. The Labute approximate surface area is 333 Å². The molecule has 1 aromatic heterocycles. The number of carbonyl (C=O) groups excluding carboxylic acids is 2. The molecular weight excluding hydrogens is 752 g/mol. The van der Waals surface area contributed by atoms with Crippen LogP contribution < -0.4 is 14.4 Å². The Morgan fingerprint density at radius 3 is 2.21 bits per heavy atom. The number of aromatic nitrogens is 1. The number of para-hydroxylation sites is 1. The van der Waals surface area contributed by atoms with Crippen LogP contribution in [-0.2, 0) is 25.9 Å². The van der Waals surface area contributed by atoms with E-state index >= 15 is 4.79 Å². The van der Waals surface area contributed by atoms with Gasteiger partial charge in [-0.05, 0) is 91.4 Å². The Morgan fingerprint density at radius 2 is 1.46 bits per heavy atom. The molecule has 4 aromatic carbocycles. The van der Waals surface area contributed by atoms with Gasteiger partial charge >= 0.3 is 0 Å². The van der Waals surface area contributed by atoms with E-state index < -0.39 is 10.6 Å². The minimum atomic E-state index is -2.56. The molecule has 5 heterocycles. The summed E-state index contributed by atoms with van der Waals surface area (Å²) < 4.78 is 34.5. The van der Waals surface area contributed by atoms with Gasteiger partial charge in [0.25, 0.3) is 11.8 Å². The van der Waals surface area contributed by atoms with Crippen LogP contribution in [0, 0.1) is 0 Å². The second-order valence-corrected chi connectivity index (χ2v) is 17.2. The van der Waals surface area contributed by atoms with E-state index in [-0.39, 0.29) is 42.8 Å². The van der Waals surface area contributed by atoms with Crippen molar-refractivity contribution in [2.45, 2.75) is 44.8 Å². The summed E-state index contributed by atoms with van der Waals surface area (Å²) in [7, 11) is -2.56. The molecule has 1 saturated heterocycles. The van der Waals surface area contributed by atoms with Gasteiger partial charge in [-0.25, -0.2) is 0 Å². The third-order valence-electron chi connectivity index (χ3n) is 11.4. The van der Waals surface area contributed by atoms with Gasteiger partial charge in [-0.15, -0.1) is 12.4 Å². The Bertz CT molecular complexity index is 2250. The van der Waals surface area contributed by atoms with Crippen molar-refractivity contribution in [3.05, 3.63) is 125 Å². The molecule has 1 fully saturated rings. The summed E-state index contributed by atoms with van der Waals surface area (Å²) in [6.45, 7) is 2.92. The van der Waals surface area contributed by atoms with Crippen molar-refractivity contribution in [3.63, 3.8) is 0 Å². The average molecular weight is 797 g/mol. The zero-order valence-electron chi connectivity index (χ0n) is 30.9. The summed E-state index contributed by atoms with van der Waals surface area (Å²) in [6.07, 6.45) is 3.25. The predicted octanol–water partition coefficient (Wildman–Crippen LogP) is 7.96. The van der Waals surface area contributed by atoms with E-state index in [0.717, 1.165) is 29.8 Å². The predicted molar refractivity (Wildman–Crippen MR) is 220 cm³/mol. The van der Waals surface area contributed by atoms with Crippen LogP contribution in [-0.4, -0.2) is 84.4 Å². The normalized spacial score (nSPS) is 19.0. The molecule has 0 unspecified atom stereocenters. The molecule has 0 saturated carbocycles. The number of anilines is 2. The molecule has 0 bridgehead atoms. The number of phenolic OH excluding ortho intramolecular Hbond substituents is 1. The largest absolute Gasteiger partial charge is 0.508 e. The van der Waals surface area contributed by atoms with Gasteiger partial charge in [-0.1, -0.05) is 42.5 Å². The zero-order chi connectivity index (χ0) is 37.7. The number of benzene rings is 4. The number of aromatic hydroxyl groups is 1. The van der Waals surface area contributed by atoms with Crippen molar-refractivity contribution >= 4 is 46.2 Å². The van der Waals surface area contributed by atoms with Crippen molar-refractivity contribution in [2.24, 2.45) is 0 Å². The molecule has 4 aliphatic heterocycles. The minimum absolute atomic E-state index is 0. The molecule has 0 radical (unpaired) electrons. The Morgan fingerprint density at radius 1 is 0.786 bits per heavy atom. The smallest absolute Gasteiger partial charge is 0.264 e. The van der Waals surface area contributed by atoms with Crippen LogP contribution in [0.5, 0.6) is 17.2 Å². The summed E-state index contributed by atoms with van der Waals surface area (Å²) in [5, 5.41) is 10.1. The van der Waals surface area contributed by atoms with Crippen molar-refractivity contribution < 1.29 is 33.3 Å². The number of ether oxygens (including phenoxy) is 2. The van der Waals surface area contributed by atoms with E-state index in [9.17, 15) is 19.0 Å². The lowest BCUT2D eigenvalue weighted by Gasteiger charge is -2.44. The summed E-state index contributed by atoms with van der Waals surface area (Å²) in [5.41, 5.74) is 7.04. The maximum atomic E-state index is 15.2. The molecule has 5 aromatic rings. The topological polar surface area (TPSA) is 128 Å². The standard InChI is InChI=1S/C43H44N4O7S.ClH/c48-34-15-13-32(14-16-34)47(31-10-2-1-3-11-31)43(50)37-23-39(45-17-7-6-12-38(37)45)35-24-40-41(54-28-53-40)25-36(35)42(49)46-26-30-9-5-4-8-29(30)22-33(46)27-44-18-20-55(51,52)21-19-44;/h1-5,8-11,13-16,23-25,33,48,51-52H,6-7,12,17-22,26-28H2;1H/t33-;/m0./s1. The number of fused-ring (bicyclic) bond motifs is 3. The van der Waals surface area contributed by atoms with E-state index in [1.807, 2.05) is 59.5 Å². The molecule has 4 aliphatic rings. The van der Waals surface area contributed by atoms with E-state index in [1.165, 1.54) is 5.56 Å². The van der Waals surface area contributed by atoms with Gasteiger partial charge in [-0.2, -0.15) is 10.6 Å². The minimum Gasteiger partial charge on any atom is -0.508 e. The number of phenols is 1. The maximum absolute atomic E-state index is 15.2. The summed E-state index contributed by atoms with van der Waals surface area (Å²) in [6, 6.07) is 29.8. The maximum Gasteiger partial charge on any atom is 0.264 e. The van der Waals surface area contributed by atoms with Gasteiger partial charge in [-0.3, -0.25) is 28.5 Å². The first kappa shape index (κ1) is 37.9. The first-order chi connectivity index (χ1) is 26.7. The fourth-order valence-electron chi connectivity index (χ4n) is 8.49. The molecule has 0 spiro atoms. The lowest BCUT2D eigenvalue weighted by atomic mass is 9.92. The highest BCUT2D eigenvalue weighted by atomic mass is 35.5. The highest BCUT2D eigenvalue weighted by Gasteiger charge is 2.37. The number of rotatable bonds is 7. The molecule has 0 aliphatic carbocycles.